The number of halogens is 1. The molecule has 5 rings (SSSR count). The van der Waals surface area contributed by atoms with Crippen LogP contribution in [0.4, 0.5) is 0 Å². The number of carbonyl (C=O) groups is 1. The smallest absolute Gasteiger partial charge is 0.249 e. The van der Waals surface area contributed by atoms with Gasteiger partial charge in [0.25, 0.3) is 0 Å². The molecule has 1 aromatic heterocycles. The van der Waals surface area contributed by atoms with Crippen LogP contribution in [-0.2, 0) is 4.79 Å². The number of rotatable bonds is 4. The molecule has 1 saturated carbocycles. The second-order valence-electron chi connectivity index (χ2n) is 7.52. The van der Waals surface area contributed by atoms with E-state index in [2.05, 4.69) is 22.3 Å². The lowest BCUT2D eigenvalue weighted by molar-refractivity contribution is -0.134. The van der Waals surface area contributed by atoms with E-state index in [-0.39, 0.29) is 17.9 Å². The number of hydrogen-bond donors (Lipinski definition) is 0. The van der Waals surface area contributed by atoms with Crippen LogP contribution in [0.1, 0.15) is 42.7 Å². The van der Waals surface area contributed by atoms with Gasteiger partial charge < -0.3 is 9.42 Å². The van der Waals surface area contributed by atoms with E-state index in [1.165, 1.54) is 5.56 Å². The molecule has 28 heavy (non-hydrogen) atoms. The van der Waals surface area contributed by atoms with E-state index in [4.69, 9.17) is 16.1 Å². The first kappa shape index (κ1) is 17.4. The monoisotopic (exact) mass is 393 g/mol. The highest BCUT2D eigenvalue weighted by Gasteiger charge is 2.48. The van der Waals surface area contributed by atoms with Gasteiger partial charge in [0.1, 0.15) is 6.04 Å². The maximum atomic E-state index is 13.1. The van der Waals surface area contributed by atoms with Gasteiger partial charge in [0.05, 0.1) is 0 Å². The lowest BCUT2D eigenvalue weighted by atomic mass is 10.1. The van der Waals surface area contributed by atoms with Crippen LogP contribution in [0, 0.1) is 5.92 Å². The summed E-state index contributed by atoms with van der Waals surface area (Å²) in [7, 11) is 0. The van der Waals surface area contributed by atoms with Crippen LogP contribution in [0.5, 0.6) is 0 Å². The van der Waals surface area contributed by atoms with E-state index >= 15 is 0 Å². The van der Waals surface area contributed by atoms with E-state index in [9.17, 15) is 4.79 Å². The van der Waals surface area contributed by atoms with Crippen molar-refractivity contribution >= 4 is 17.5 Å². The van der Waals surface area contributed by atoms with Gasteiger partial charge in [-0.05, 0) is 42.9 Å². The van der Waals surface area contributed by atoms with Gasteiger partial charge in [0.15, 0.2) is 0 Å². The molecule has 0 spiro atoms. The zero-order chi connectivity index (χ0) is 19.1. The third-order valence-electron chi connectivity index (χ3n) is 5.68. The maximum absolute atomic E-state index is 13.1. The molecule has 5 nitrogen and oxygen atoms in total. The Morgan fingerprint density at radius 1 is 1.14 bits per heavy atom. The highest BCUT2D eigenvalue weighted by Crippen LogP contribution is 2.50. The van der Waals surface area contributed by atoms with Crippen LogP contribution in [0.25, 0.3) is 11.4 Å². The second-order valence-corrected chi connectivity index (χ2v) is 7.95. The van der Waals surface area contributed by atoms with Crippen molar-refractivity contribution in [2.24, 2.45) is 5.92 Å². The number of hydrogen-bond acceptors (Lipinski definition) is 4. The SMILES string of the molecule is O=C(C1CC1c1ccccc1)N1CCCC1c1nc(-c2cccc(Cl)c2)no1. The zero-order valence-corrected chi connectivity index (χ0v) is 16.0. The Kier molecular flexibility index (Phi) is 4.40. The summed E-state index contributed by atoms with van der Waals surface area (Å²) in [4.78, 5) is 19.6. The highest BCUT2D eigenvalue weighted by molar-refractivity contribution is 6.30. The molecule has 1 aliphatic heterocycles. The largest absolute Gasteiger partial charge is 0.337 e. The number of benzene rings is 2. The van der Waals surface area contributed by atoms with Crippen molar-refractivity contribution in [3.63, 3.8) is 0 Å². The summed E-state index contributed by atoms with van der Waals surface area (Å²) in [6.45, 7) is 0.746. The van der Waals surface area contributed by atoms with Crippen molar-refractivity contribution in [1.82, 2.24) is 15.0 Å². The first-order valence-corrected chi connectivity index (χ1v) is 10.0. The first-order chi connectivity index (χ1) is 13.7. The van der Waals surface area contributed by atoms with E-state index in [0.717, 1.165) is 31.4 Å². The van der Waals surface area contributed by atoms with Gasteiger partial charge >= 0.3 is 0 Å². The minimum absolute atomic E-state index is 0.0679. The lowest BCUT2D eigenvalue weighted by Crippen LogP contribution is -2.32. The number of likely N-dealkylation sites (tertiary alicyclic amines) is 1. The molecule has 3 unspecified atom stereocenters. The van der Waals surface area contributed by atoms with Crippen molar-refractivity contribution in [2.75, 3.05) is 6.54 Å². The van der Waals surface area contributed by atoms with Crippen molar-refractivity contribution in [2.45, 2.75) is 31.2 Å². The molecule has 0 bridgehead atoms. The second kappa shape index (κ2) is 7.06. The topological polar surface area (TPSA) is 59.2 Å². The van der Waals surface area contributed by atoms with E-state index in [0.29, 0.717) is 22.7 Å². The van der Waals surface area contributed by atoms with E-state index < -0.39 is 0 Å². The maximum Gasteiger partial charge on any atom is 0.249 e. The zero-order valence-electron chi connectivity index (χ0n) is 15.3. The predicted octanol–water partition coefficient (Wildman–Crippen LogP) is 4.86. The third kappa shape index (κ3) is 3.20. The summed E-state index contributed by atoms with van der Waals surface area (Å²) >= 11 is 6.06. The predicted molar refractivity (Wildman–Crippen MR) is 106 cm³/mol. The molecule has 2 fully saturated rings. The first-order valence-electron chi connectivity index (χ1n) is 9.65. The molecule has 3 atom stereocenters. The Morgan fingerprint density at radius 2 is 2.00 bits per heavy atom. The Morgan fingerprint density at radius 3 is 2.82 bits per heavy atom. The lowest BCUT2D eigenvalue weighted by Gasteiger charge is -2.22. The Balaban J connectivity index is 1.33. The minimum atomic E-state index is -0.134. The van der Waals surface area contributed by atoms with Gasteiger partial charge in [-0.3, -0.25) is 4.79 Å². The van der Waals surface area contributed by atoms with Crippen molar-refractivity contribution in [1.29, 1.82) is 0 Å². The average molecular weight is 394 g/mol. The average Bonchev–Trinajstić information content (AvgIpc) is 3.13. The Labute approximate surface area is 168 Å². The van der Waals surface area contributed by atoms with Crippen LogP contribution in [-0.4, -0.2) is 27.5 Å². The fourth-order valence-corrected chi connectivity index (χ4v) is 4.34. The Bertz CT molecular complexity index is 1000. The molecule has 1 amide bonds. The minimum Gasteiger partial charge on any atom is -0.337 e. The van der Waals surface area contributed by atoms with Crippen molar-refractivity contribution in [3.05, 3.63) is 71.1 Å². The van der Waals surface area contributed by atoms with Crippen LogP contribution in [0.3, 0.4) is 0 Å². The molecule has 2 aromatic carbocycles. The number of carbonyl (C=O) groups excluding carboxylic acids is 1. The summed E-state index contributed by atoms with van der Waals surface area (Å²) in [6, 6.07) is 17.5. The van der Waals surface area contributed by atoms with Gasteiger partial charge in [0.2, 0.25) is 17.6 Å². The fraction of sp³-hybridized carbons (Fsp3) is 0.318. The quantitative estimate of drug-likeness (QED) is 0.635. The molecule has 6 heteroatoms. The molecule has 2 aliphatic rings. The summed E-state index contributed by atoms with van der Waals surface area (Å²) in [5.74, 6) is 1.62. The van der Waals surface area contributed by atoms with Gasteiger partial charge in [-0.2, -0.15) is 4.98 Å². The van der Waals surface area contributed by atoms with Gasteiger partial charge in [-0.15, -0.1) is 0 Å². The van der Waals surface area contributed by atoms with Gasteiger partial charge in [-0.1, -0.05) is 59.2 Å². The van der Waals surface area contributed by atoms with Crippen molar-refractivity contribution in [3.8, 4) is 11.4 Å². The molecule has 1 saturated heterocycles. The summed E-state index contributed by atoms with van der Waals surface area (Å²) in [5.41, 5.74) is 2.06. The molecular weight excluding hydrogens is 374 g/mol. The van der Waals surface area contributed by atoms with Gasteiger partial charge in [0, 0.05) is 23.0 Å². The molecule has 1 aliphatic carbocycles. The van der Waals surface area contributed by atoms with Gasteiger partial charge in [-0.25, -0.2) is 0 Å². The number of nitrogens with zero attached hydrogens (tertiary/aromatic N) is 3. The molecular formula is C22H20ClN3O2. The van der Waals surface area contributed by atoms with Crippen LogP contribution in [0.15, 0.2) is 59.1 Å². The summed E-state index contributed by atoms with van der Waals surface area (Å²) in [6.07, 6.45) is 2.73. The van der Waals surface area contributed by atoms with E-state index in [1.807, 2.05) is 47.4 Å². The molecule has 142 valence electrons. The number of aromatic nitrogens is 2. The Hall–Kier alpha value is -2.66. The molecule has 0 radical (unpaired) electrons. The highest BCUT2D eigenvalue weighted by atomic mass is 35.5. The summed E-state index contributed by atoms with van der Waals surface area (Å²) < 4.78 is 5.54. The van der Waals surface area contributed by atoms with Crippen LogP contribution < -0.4 is 0 Å². The molecule has 0 N–H and O–H groups in total. The van der Waals surface area contributed by atoms with E-state index in [1.54, 1.807) is 0 Å². The van der Waals surface area contributed by atoms with Crippen molar-refractivity contribution < 1.29 is 9.32 Å². The van der Waals surface area contributed by atoms with Crippen LogP contribution >= 0.6 is 11.6 Å². The third-order valence-corrected chi connectivity index (χ3v) is 5.92. The molecule has 3 aromatic rings. The standard InChI is InChI=1S/C22H20ClN3O2/c23-16-9-4-8-15(12-16)20-24-21(28-25-20)19-10-5-11-26(19)22(27)18-13-17(18)14-6-2-1-3-7-14/h1-4,6-9,12,17-19H,5,10-11,13H2. The molecule has 2 heterocycles. The fourth-order valence-electron chi connectivity index (χ4n) is 4.15. The normalized spacial score (nSPS) is 23.8. The van der Waals surface area contributed by atoms with Crippen LogP contribution in [0.2, 0.25) is 5.02 Å². The number of amides is 1. The summed E-state index contributed by atoms with van der Waals surface area (Å²) in [5, 5.41) is 4.73.